The summed E-state index contributed by atoms with van der Waals surface area (Å²) in [6, 6.07) is 14.0. The van der Waals surface area contributed by atoms with E-state index in [-0.39, 0.29) is 5.76 Å². The van der Waals surface area contributed by atoms with Crippen LogP contribution in [-0.2, 0) is 0 Å². The number of hydrogen-bond donors (Lipinski definition) is 1. The summed E-state index contributed by atoms with van der Waals surface area (Å²) in [5.74, 6) is -1.03. The zero-order valence-corrected chi connectivity index (χ0v) is 15.1. The topological polar surface area (TPSA) is 53.7 Å². The van der Waals surface area contributed by atoms with Crippen molar-refractivity contribution in [1.82, 2.24) is 0 Å². The summed E-state index contributed by atoms with van der Waals surface area (Å²) in [6.45, 7) is 4.79. The molecule has 3 aromatic rings. The normalized spacial score (nSPS) is 11.0. The predicted octanol–water partition coefficient (Wildman–Crippen LogP) is 5.75. The standard InChI is InChI=1S/C19H18BrNO3/c1-3-10-21(14-6-4-13(20)5-7-14)15-8-9-17-16(11-15)12(2)18(24-17)19(22)23/h4-9,11H,3,10H2,1-2H3,(H,22,23). The molecule has 5 heteroatoms. The number of halogens is 1. The van der Waals surface area contributed by atoms with Crippen LogP contribution in [0.2, 0.25) is 0 Å². The molecule has 3 rings (SSSR count). The minimum atomic E-state index is -1.04. The molecule has 24 heavy (non-hydrogen) atoms. The van der Waals surface area contributed by atoms with Gasteiger partial charge in [0.15, 0.2) is 0 Å². The minimum Gasteiger partial charge on any atom is -0.475 e. The molecule has 4 nitrogen and oxygen atoms in total. The number of furan rings is 1. The second-order valence-corrected chi connectivity index (χ2v) is 6.59. The van der Waals surface area contributed by atoms with Crippen molar-refractivity contribution >= 4 is 44.2 Å². The summed E-state index contributed by atoms with van der Waals surface area (Å²) in [5, 5.41) is 10.1. The lowest BCUT2D eigenvalue weighted by Crippen LogP contribution is -2.17. The highest BCUT2D eigenvalue weighted by molar-refractivity contribution is 9.10. The molecular formula is C19H18BrNO3. The van der Waals surface area contributed by atoms with Crippen LogP contribution in [0.3, 0.4) is 0 Å². The second kappa shape index (κ2) is 6.69. The van der Waals surface area contributed by atoms with Gasteiger partial charge in [0.2, 0.25) is 5.76 Å². The summed E-state index contributed by atoms with van der Waals surface area (Å²) in [5.41, 5.74) is 3.37. The van der Waals surface area contributed by atoms with Crippen LogP contribution >= 0.6 is 15.9 Å². The maximum absolute atomic E-state index is 11.3. The van der Waals surface area contributed by atoms with Crippen molar-refractivity contribution in [3.05, 3.63) is 58.3 Å². The van der Waals surface area contributed by atoms with Crippen LogP contribution in [0.4, 0.5) is 11.4 Å². The van der Waals surface area contributed by atoms with Crippen LogP contribution < -0.4 is 4.90 Å². The molecule has 0 fully saturated rings. The molecule has 0 aliphatic heterocycles. The Labute approximate surface area is 148 Å². The number of hydrogen-bond acceptors (Lipinski definition) is 3. The van der Waals surface area contributed by atoms with Crippen molar-refractivity contribution in [2.75, 3.05) is 11.4 Å². The van der Waals surface area contributed by atoms with Gasteiger partial charge in [-0.2, -0.15) is 0 Å². The SMILES string of the molecule is CCCN(c1ccc(Br)cc1)c1ccc2oc(C(=O)O)c(C)c2c1. The molecule has 0 aliphatic rings. The summed E-state index contributed by atoms with van der Waals surface area (Å²) >= 11 is 3.46. The van der Waals surface area contributed by atoms with Crippen molar-refractivity contribution in [2.45, 2.75) is 20.3 Å². The van der Waals surface area contributed by atoms with Gasteiger partial charge in [0, 0.05) is 33.3 Å². The fourth-order valence-corrected chi connectivity index (χ4v) is 3.10. The van der Waals surface area contributed by atoms with E-state index in [0.29, 0.717) is 11.1 Å². The number of nitrogens with zero attached hydrogens (tertiary/aromatic N) is 1. The quantitative estimate of drug-likeness (QED) is 0.605. The number of aryl methyl sites for hydroxylation is 1. The number of anilines is 2. The van der Waals surface area contributed by atoms with Crippen molar-refractivity contribution < 1.29 is 14.3 Å². The molecule has 1 N–H and O–H groups in total. The van der Waals surface area contributed by atoms with E-state index in [9.17, 15) is 9.90 Å². The van der Waals surface area contributed by atoms with Gasteiger partial charge in [-0.25, -0.2) is 4.79 Å². The first-order valence-corrected chi connectivity index (χ1v) is 8.60. The van der Waals surface area contributed by atoms with Gasteiger partial charge in [0.25, 0.3) is 0 Å². The first-order valence-electron chi connectivity index (χ1n) is 7.80. The zero-order chi connectivity index (χ0) is 17.3. The predicted molar refractivity (Wildman–Crippen MR) is 99.3 cm³/mol. The Kier molecular flexibility index (Phi) is 4.62. The van der Waals surface area contributed by atoms with Crippen molar-refractivity contribution in [3.8, 4) is 0 Å². The molecule has 1 aromatic heterocycles. The number of fused-ring (bicyclic) bond motifs is 1. The minimum absolute atomic E-state index is 0.00725. The van der Waals surface area contributed by atoms with E-state index in [2.05, 4.69) is 39.9 Å². The highest BCUT2D eigenvalue weighted by atomic mass is 79.9. The Balaban J connectivity index is 2.09. The van der Waals surface area contributed by atoms with E-state index >= 15 is 0 Å². The number of rotatable bonds is 5. The lowest BCUT2D eigenvalue weighted by atomic mass is 10.1. The number of carboxylic acid groups (broad SMARTS) is 1. The van der Waals surface area contributed by atoms with Crippen LogP contribution in [0.15, 0.2) is 51.4 Å². The Bertz CT molecular complexity index is 884. The first-order chi connectivity index (χ1) is 11.5. The Morgan fingerprint density at radius 3 is 2.46 bits per heavy atom. The first kappa shape index (κ1) is 16.6. The smallest absolute Gasteiger partial charge is 0.372 e. The summed E-state index contributed by atoms with van der Waals surface area (Å²) in [6.07, 6.45) is 0.999. The monoisotopic (exact) mass is 387 g/mol. The molecule has 0 atom stereocenters. The summed E-state index contributed by atoms with van der Waals surface area (Å²) < 4.78 is 6.49. The Hall–Kier alpha value is -2.27. The fourth-order valence-electron chi connectivity index (χ4n) is 2.83. The maximum Gasteiger partial charge on any atom is 0.372 e. The highest BCUT2D eigenvalue weighted by Gasteiger charge is 2.18. The maximum atomic E-state index is 11.3. The van der Waals surface area contributed by atoms with Crippen molar-refractivity contribution in [2.24, 2.45) is 0 Å². The Morgan fingerprint density at radius 2 is 1.83 bits per heavy atom. The average Bonchev–Trinajstić information content (AvgIpc) is 2.90. The molecule has 1 heterocycles. The van der Waals surface area contributed by atoms with Crippen molar-refractivity contribution in [1.29, 1.82) is 0 Å². The number of benzene rings is 2. The van der Waals surface area contributed by atoms with Gasteiger partial charge in [-0.1, -0.05) is 22.9 Å². The van der Waals surface area contributed by atoms with E-state index in [1.54, 1.807) is 6.92 Å². The largest absolute Gasteiger partial charge is 0.475 e. The number of carbonyl (C=O) groups is 1. The third-order valence-corrected chi connectivity index (χ3v) is 4.54. The Morgan fingerprint density at radius 1 is 1.17 bits per heavy atom. The molecule has 0 aliphatic carbocycles. The van der Waals surface area contributed by atoms with Gasteiger partial charge in [0.05, 0.1) is 0 Å². The van der Waals surface area contributed by atoms with Crippen molar-refractivity contribution in [3.63, 3.8) is 0 Å². The van der Waals surface area contributed by atoms with E-state index in [0.717, 1.165) is 34.2 Å². The van der Waals surface area contributed by atoms with Crippen LogP contribution in [0.25, 0.3) is 11.0 Å². The molecule has 124 valence electrons. The molecule has 0 saturated carbocycles. The molecule has 0 unspecified atom stereocenters. The van der Waals surface area contributed by atoms with Crippen LogP contribution in [0.5, 0.6) is 0 Å². The average molecular weight is 388 g/mol. The summed E-state index contributed by atoms with van der Waals surface area (Å²) in [7, 11) is 0. The number of carboxylic acids is 1. The highest BCUT2D eigenvalue weighted by Crippen LogP contribution is 2.33. The molecule has 0 amide bonds. The molecule has 2 aromatic carbocycles. The fraction of sp³-hybridized carbons (Fsp3) is 0.211. The lowest BCUT2D eigenvalue weighted by Gasteiger charge is -2.24. The lowest BCUT2D eigenvalue weighted by molar-refractivity contribution is 0.0664. The van der Waals surface area contributed by atoms with Gasteiger partial charge >= 0.3 is 5.97 Å². The van der Waals surface area contributed by atoms with Gasteiger partial charge in [-0.05, 0) is 55.8 Å². The molecule has 0 saturated heterocycles. The van der Waals surface area contributed by atoms with Crippen LogP contribution in [0, 0.1) is 6.92 Å². The van der Waals surface area contributed by atoms with Crippen LogP contribution in [-0.4, -0.2) is 17.6 Å². The van der Waals surface area contributed by atoms with E-state index in [4.69, 9.17) is 4.42 Å². The number of aromatic carboxylic acids is 1. The van der Waals surface area contributed by atoms with Gasteiger partial charge in [-0.3, -0.25) is 0 Å². The molecule has 0 bridgehead atoms. The van der Waals surface area contributed by atoms with Crippen LogP contribution in [0.1, 0.15) is 29.5 Å². The third-order valence-electron chi connectivity index (χ3n) is 4.01. The zero-order valence-electron chi connectivity index (χ0n) is 13.5. The second-order valence-electron chi connectivity index (χ2n) is 5.67. The van der Waals surface area contributed by atoms with E-state index < -0.39 is 5.97 Å². The molecular weight excluding hydrogens is 370 g/mol. The summed E-state index contributed by atoms with van der Waals surface area (Å²) in [4.78, 5) is 13.5. The molecule has 0 radical (unpaired) electrons. The van der Waals surface area contributed by atoms with Gasteiger partial charge in [0.1, 0.15) is 5.58 Å². The van der Waals surface area contributed by atoms with E-state index in [1.165, 1.54) is 0 Å². The van der Waals surface area contributed by atoms with Gasteiger partial charge in [-0.15, -0.1) is 0 Å². The van der Waals surface area contributed by atoms with Gasteiger partial charge < -0.3 is 14.4 Å². The molecule has 0 spiro atoms. The van der Waals surface area contributed by atoms with E-state index in [1.807, 2.05) is 30.3 Å². The third kappa shape index (κ3) is 3.04.